The number of aliphatic imine (C=N–C) groups is 1. The molecule has 1 N–H and O–H groups in total. The van der Waals surface area contributed by atoms with Gasteiger partial charge in [-0.3, -0.25) is 9.80 Å². The van der Waals surface area contributed by atoms with E-state index in [9.17, 15) is 14.0 Å². The van der Waals surface area contributed by atoms with Crippen LogP contribution in [0.25, 0.3) is 6.08 Å². The zero-order valence-corrected chi connectivity index (χ0v) is 20.6. The first-order valence-corrected chi connectivity index (χ1v) is 12.8. The van der Waals surface area contributed by atoms with Crippen LogP contribution in [0.2, 0.25) is 0 Å². The van der Waals surface area contributed by atoms with E-state index in [1.807, 2.05) is 5.01 Å². The highest BCUT2D eigenvalue weighted by Crippen LogP contribution is 2.33. The van der Waals surface area contributed by atoms with Gasteiger partial charge in [0, 0.05) is 43.9 Å². The monoisotopic (exact) mass is 489 g/mol. The lowest BCUT2D eigenvalue weighted by molar-refractivity contribution is -0.113. The molecule has 2 saturated heterocycles. The number of ether oxygens (including phenoxy) is 1. The Bertz CT molecular complexity index is 967. The summed E-state index contributed by atoms with van der Waals surface area (Å²) in [5, 5.41) is 2.49. The maximum Gasteiger partial charge on any atom is 0.415 e. The first-order chi connectivity index (χ1) is 16.5. The van der Waals surface area contributed by atoms with Crippen LogP contribution in [0.1, 0.15) is 45.1 Å². The Morgan fingerprint density at radius 1 is 1.26 bits per heavy atom. The quantitative estimate of drug-likeness (QED) is 0.632. The van der Waals surface area contributed by atoms with Crippen molar-refractivity contribution in [3.05, 3.63) is 34.5 Å². The average Bonchev–Trinajstić information content (AvgIpc) is 3.22. The molecular formula is C24H32FN5O3S. The fourth-order valence-corrected chi connectivity index (χ4v) is 5.44. The molecule has 184 valence electrons. The summed E-state index contributed by atoms with van der Waals surface area (Å²) in [4.78, 5) is 34.0. The second kappa shape index (κ2) is 11.3. The second-order valence-corrected chi connectivity index (χ2v) is 9.58. The fraction of sp³-hybridized carbons (Fsp3) is 0.542. The molecule has 3 aliphatic rings. The molecule has 3 heterocycles. The molecule has 0 unspecified atom stereocenters. The van der Waals surface area contributed by atoms with Crippen LogP contribution in [-0.4, -0.2) is 77.3 Å². The molecule has 0 bridgehead atoms. The first-order valence-electron chi connectivity index (χ1n) is 12.0. The van der Waals surface area contributed by atoms with Crippen LogP contribution < -0.4 is 10.2 Å². The van der Waals surface area contributed by atoms with Crippen LogP contribution in [-0.2, 0) is 4.79 Å². The number of halogens is 1. The van der Waals surface area contributed by atoms with Gasteiger partial charge in [0.2, 0.25) is 0 Å². The van der Waals surface area contributed by atoms with Gasteiger partial charge in [0.05, 0.1) is 4.91 Å². The first kappa shape index (κ1) is 24.7. The van der Waals surface area contributed by atoms with Gasteiger partial charge in [-0.05, 0) is 68.7 Å². The number of thioether (sulfide) groups is 1. The summed E-state index contributed by atoms with van der Waals surface area (Å²) in [5.74, 6) is -0.765. The number of likely N-dealkylation sites (tertiary alicyclic amines) is 1. The molecule has 0 radical (unpaired) electrons. The molecule has 3 aliphatic heterocycles. The van der Waals surface area contributed by atoms with Crippen molar-refractivity contribution < 1.29 is 18.7 Å². The van der Waals surface area contributed by atoms with E-state index in [0.29, 0.717) is 34.8 Å². The van der Waals surface area contributed by atoms with E-state index in [1.165, 1.54) is 30.0 Å². The molecule has 1 aromatic carbocycles. The second-order valence-electron chi connectivity index (χ2n) is 8.57. The topological polar surface area (TPSA) is 77.5 Å². The van der Waals surface area contributed by atoms with Gasteiger partial charge in [-0.1, -0.05) is 13.8 Å². The third kappa shape index (κ3) is 5.79. The number of piperidine rings is 1. The zero-order chi connectivity index (χ0) is 24.1. The number of amides is 2. The van der Waals surface area contributed by atoms with Crippen molar-refractivity contribution in [2.24, 2.45) is 4.99 Å². The van der Waals surface area contributed by atoms with Gasteiger partial charge in [0.15, 0.2) is 5.17 Å². The number of hydrogen-bond acceptors (Lipinski definition) is 7. The van der Waals surface area contributed by atoms with Crippen LogP contribution in [0.4, 0.5) is 9.18 Å². The summed E-state index contributed by atoms with van der Waals surface area (Å²) >= 11 is 1.26. The number of hydrogen-bond donors (Lipinski definition) is 1. The van der Waals surface area contributed by atoms with E-state index in [-0.39, 0.29) is 11.7 Å². The van der Waals surface area contributed by atoms with Gasteiger partial charge in [0.1, 0.15) is 11.6 Å². The van der Waals surface area contributed by atoms with Crippen molar-refractivity contribution in [1.82, 2.24) is 20.2 Å². The molecule has 10 heteroatoms. The summed E-state index contributed by atoms with van der Waals surface area (Å²) in [6.45, 7) is 9.10. The number of nitrogens with one attached hydrogen (secondary N) is 1. The van der Waals surface area contributed by atoms with Crippen LogP contribution in [0.3, 0.4) is 0 Å². The molecule has 2 amide bonds. The fourth-order valence-electron chi connectivity index (χ4n) is 4.53. The molecule has 2 fully saturated rings. The minimum atomic E-state index is -0.509. The Morgan fingerprint density at radius 2 is 2.03 bits per heavy atom. The standard InChI is InChI=1S/C24H32FN5O3S/c1-3-28(4-2)19-9-13-29(14-10-19)24(32)33-20-16-18(25)8-7-17(20)15-21-22(31)27-23(34-21)30-12-6-5-11-26-30/h7-8,15-16,19,26H,3-6,9-14H2,1-2H3/b21-15-. The number of carbonyl (C=O) groups is 2. The van der Waals surface area contributed by atoms with Crippen molar-refractivity contribution >= 4 is 35.0 Å². The Hall–Kier alpha value is -2.43. The zero-order valence-electron chi connectivity index (χ0n) is 19.8. The van der Waals surface area contributed by atoms with Crippen molar-refractivity contribution in [3.63, 3.8) is 0 Å². The maximum absolute atomic E-state index is 14.0. The van der Waals surface area contributed by atoms with E-state index in [1.54, 1.807) is 11.0 Å². The van der Waals surface area contributed by atoms with Crippen molar-refractivity contribution in [2.45, 2.75) is 45.6 Å². The SMILES string of the molecule is CCN(CC)C1CCN(C(=O)Oc2cc(F)ccc2/C=C2\SC(N3CCCCN3)=NC2=O)CC1. The highest BCUT2D eigenvalue weighted by Gasteiger charge is 2.29. The number of benzene rings is 1. The molecule has 4 rings (SSSR count). The Kier molecular flexibility index (Phi) is 8.23. The van der Waals surface area contributed by atoms with Gasteiger partial charge in [-0.2, -0.15) is 4.99 Å². The minimum absolute atomic E-state index is 0.0984. The van der Waals surface area contributed by atoms with Gasteiger partial charge >= 0.3 is 6.09 Å². The minimum Gasteiger partial charge on any atom is -0.409 e. The third-order valence-electron chi connectivity index (χ3n) is 6.46. The molecule has 0 aliphatic carbocycles. The summed E-state index contributed by atoms with van der Waals surface area (Å²) in [6.07, 6.45) is 5.00. The lowest BCUT2D eigenvalue weighted by Gasteiger charge is -2.37. The van der Waals surface area contributed by atoms with Crippen LogP contribution >= 0.6 is 11.8 Å². The van der Waals surface area contributed by atoms with Gasteiger partial charge in [0.25, 0.3) is 5.91 Å². The largest absolute Gasteiger partial charge is 0.415 e. The third-order valence-corrected chi connectivity index (χ3v) is 7.47. The van der Waals surface area contributed by atoms with Gasteiger partial charge in [-0.15, -0.1) is 0 Å². The lowest BCUT2D eigenvalue weighted by Crippen LogP contribution is -2.47. The highest BCUT2D eigenvalue weighted by molar-refractivity contribution is 8.18. The van der Waals surface area contributed by atoms with Crippen molar-refractivity contribution in [1.29, 1.82) is 0 Å². The average molecular weight is 490 g/mol. The maximum atomic E-state index is 14.0. The van der Waals surface area contributed by atoms with Crippen LogP contribution in [0.15, 0.2) is 28.1 Å². The predicted molar refractivity (Wildman–Crippen MR) is 132 cm³/mol. The molecular weight excluding hydrogens is 457 g/mol. The molecule has 34 heavy (non-hydrogen) atoms. The van der Waals surface area contributed by atoms with E-state index < -0.39 is 11.9 Å². The molecule has 0 atom stereocenters. The number of hydrazine groups is 1. The Labute approximate surface area is 204 Å². The van der Waals surface area contributed by atoms with Gasteiger partial charge in [-0.25, -0.2) is 14.6 Å². The number of amidine groups is 1. The smallest absolute Gasteiger partial charge is 0.409 e. The number of rotatable bonds is 5. The lowest BCUT2D eigenvalue weighted by atomic mass is 10.0. The normalized spacial score (nSPS) is 20.9. The number of carbonyl (C=O) groups excluding carboxylic acids is 2. The Balaban J connectivity index is 1.43. The summed E-state index contributed by atoms with van der Waals surface area (Å²) in [6, 6.07) is 4.45. The molecule has 0 spiro atoms. The van der Waals surface area contributed by atoms with Crippen LogP contribution in [0, 0.1) is 5.82 Å². The predicted octanol–water partition coefficient (Wildman–Crippen LogP) is 3.70. The summed E-state index contributed by atoms with van der Waals surface area (Å²) in [7, 11) is 0. The van der Waals surface area contributed by atoms with E-state index >= 15 is 0 Å². The Morgan fingerprint density at radius 3 is 2.71 bits per heavy atom. The molecule has 8 nitrogen and oxygen atoms in total. The highest BCUT2D eigenvalue weighted by atomic mass is 32.2. The van der Waals surface area contributed by atoms with Crippen LogP contribution in [0.5, 0.6) is 5.75 Å². The van der Waals surface area contributed by atoms with Crippen molar-refractivity contribution in [3.8, 4) is 5.75 Å². The van der Waals surface area contributed by atoms with E-state index in [4.69, 9.17) is 4.74 Å². The molecule has 0 saturated carbocycles. The van der Waals surface area contributed by atoms with Crippen molar-refractivity contribution in [2.75, 3.05) is 39.3 Å². The molecule has 1 aromatic rings. The molecule has 0 aromatic heterocycles. The number of nitrogens with zero attached hydrogens (tertiary/aromatic N) is 4. The van der Waals surface area contributed by atoms with E-state index in [2.05, 4.69) is 29.2 Å². The summed E-state index contributed by atoms with van der Waals surface area (Å²) < 4.78 is 19.6. The summed E-state index contributed by atoms with van der Waals surface area (Å²) in [5.41, 5.74) is 3.70. The van der Waals surface area contributed by atoms with Gasteiger partial charge < -0.3 is 14.5 Å². The van der Waals surface area contributed by atoms with E-state index in [0.717, 1.165) is 51.9 Å².